The summed E-state index contributed by atoms with van der Waals surface area (Å²) >= 11 is 0. The van der Waals surface area contributed by atoms with Crippen LogP contribution in [0.25, 0.3) is 0 Å². The second kappa shape index (κ2) is 7.56. The first-order chi connectivity index (χ1) is 9.84. The van der Waals surface area contributed by atoms with E-state index in [0.717, 1.165) is 50.7 Å². The lowest BCUT2D eigenvalue weighted by molar-refractivity contribution is 0.131. The van der Waals surface area contributed by atoms with Gasteiger partial charge in [-0.25, -0.2) is 0 Å². The highest BCUT2D eigenvalue weighted by molar-refractivity contribution is 5.85. The Morgan fingerprint density at radius 3 is 2.67 bits per heavy atom. The summed E-state index contributed by atoms with van der Waals surface area (Å²) in [5.74, 6) is 2.31. The Labute approximate surface area is 132 Å². The largest absolute Gasteiger partial charge is 0.385 e. The molecule has 1 aromatic rings. The number of aromatic nitrogens is 2. The summed E-state index contributed by atoms with van der Waals surface area (Å²) in [6, 6.07) is 0. The maximum atomic E-state index is 5.67. The van der Waals surface area contributed by atoms with E-state index in [9.17, 15) is 0 Å². The SMILES string of the molecule is COCCC1(c2nc(C3CCCC3)no2)CCNCC1.Cl. The van der Waals surface area contributed by atoms with Gasteiger partial charge in [-0.15, -0.1) is 12.4 Å². The zero-order valence-corrected chi connectivity index (χ0v) is 13.6. The van der Waals surface area contributed by atoms with E-state index in [-0.39, 0.29) is 17.8 Å². The van der Waals surface area contributed by atoms with E-state index in [4.69, 9.17) is 14.2 Å². The molecule has 120 valence electrons. The predicted octanol–water partition coefficient (Wildman–Crippen LogP) is 2.81. The summed E-state index contributed by atoms with van der Waals surface area (Å²) in [5.41, 5.74) is 0.0190. The van der Waals surface area contributed by atoms with E-state index in [0.29, 0.717) is 5.92 Å². The molecular weight excluding hydrogens is 290 g/mol. The van der Waals surface area contributed by atoms with Crippen LogP contribution in [0.2, 0.25) is 0 Å². The van der Waals surface area contributed by atoms with Gasteiger partial charge < -0.3 is 14.6 Å². The van der Waals surface area contributed by atoms with Gasteiger partial charge in [0.25, 0.3) is 0 Å². The van der Waals surface area contributed by atoms with Gasteiger partial charge in [-0.3, -0.25) is 0 Å². The van der Waals surface area contributed by atoms with Crippen molar-refractivity contribution in [3.8, 4) is 0 Å². The minimum absolute atomic E-state index is 0. The molecule has 3 rings (SSSR count). The second-order valence-corrected chi connectivity index (χ2v) is 6.21. The number of rotatable bonds is 5. The van der Waals surface area contributed by atoms with E-state index in [1.165, 1.54) is 25.7 Å². The lowest BCUT2D eigenvalue weighted by Crippen LogP contribution is -2.41. The highest BCUT2D eigenvalue weighted by Gasteiger charge is 2.39. The molecule has 1 aliphatic heterocycles. The lowest BCUT2D eigenvalue weighted by Gasteiger charge is -2.34. The maximum Gasteiger partial charge on any atom is 0.233 e. The lowest BCUT2D eigenvalue weighted by atomic mass is 9.76. The summed E-state index contributed by atoms with van der Waals surface area (Å²) in [6.45, 7) is 2.79. The molecule has 2 fully saturated rings. The topological polar surface area (TPSA) is 60.2 Å². The molecule has 0 radical (unpaired) electrons. The first-order valence-electron chi connectivity index (χ1n) is 7.88. The van der Waals surface area contributed by atoms with Crippen molar-refractivity contribution in [3.63, 3.8) is 0 Å². The highest BCUT2D eigenvalue weighted by Crippen LogP contribution is 2.38. The normalized spacial score (nSPS) is 22.1. The molecule has 6 heteroatoms. The minimum Gasteiger partial charge on any atom is -0.385 e. The first kappa shape index (κ1) is 16.7. The van der Waals surface area contributed by atoms with E-state index in [1.807, 2.05) is 0 Å². The standard InChI is InChI=1S/C15H25N3O2.ClH/c1-19-11-8-15(6-9-16-10-7-15)14-17-13(18-20-14)12-4-2-3-5-12;/h12,16H,2-11H2,1H3;1H. The van der Waals surface area contributed by atoms with Gasteiger partial charge in [0.15, 0.2) is 5.82 Å². The number of hydrogen-bond donors (Lipinski definition) is 1. The highest BCUT2D eigenvalue weighted by atomic mass is 35.5. The van der Waals surface area contributed by atoms with E-state index >= 15 is 0 Å². The Morgan fingerprint density at radius 2 is 2.00 bits per heavy atom. The molecule has 0 amide bonds. The Morgan fingerprint density at radius 1 is 1.29 bits per heavy atom. The second-order valence-electron chi connectivity index (χ2n) is 6.21. The third kappa shape index (κ3) is 3.58. The van der Waals surface area contributed by atoms with Gasteiger partial charge in [0.05, 0.1) is 5.41 Å². The number of nitrogens with one attached hydrogen (secondary N) is 1. The molecule has 1 N–H and O–H groups in total. The average Bonchev–Trinajstić information content (AvgIpc) is 3.16. The van der Waals surface area contributed by atoms with Crippen LogP contribution in [0.4, 0.5) is 0 Å². The van der Waals surface area contributed by atoms with Gasteiger partial charge in [0.1, 0.15) is 0 Å². The Kier molecular flexibility index (Phi) is 6.02. The molecule has 1 saturated heterocycles. The molecule has 1 aliphatic carbocycles. The van der Waals surface area contributed by atoms with Crippen LogP contribution in [-0.4, -0.2) is 36.9 Å². The quantitative estimate of drug-likeness (QED) is 0.905. The number of halogens is 1. The molecule has 1 saturated carbocycles. The fourth-order valence-electron chi connectivity index (χ4n) is 3.57. The van der Waals surface area contributed by atoms with Crippen LogP contribution in [0.1, 0.15) is 62.6 Å². The number of nitrogens with zero attached hydrogens (tertiary/aromatic N) is 2. The summed E-state index contributed by atoms with van der Waals surface area (Å²) in [7, 11) is 1.76. The Hall–Kier alpha value is -0.650. The number of ether oxygens (including phenoxy) is 1. The predicted molar refractivity (Wildman–Crippen MR) is 83.0 cm³/mol. The summed E-state index contributed by atoms with van der Waals surface area (Å²) in [5, 5.41) is 7.70. The monoisotopic (exact) mass is 315 g/mol. The van der Waals surface area contributed by atoms with Crippen LogP contribution in [0.5, 0.6) is 0 Å². The molecule has 0 atom stereocenters. The van der Waals surface area contributed by atoms with Crippen molar-refractivity contribution in [2.45, 2.75) is 56.3 Å². The smallest absolute Gasteiger partial charge is 0.233 e. The third-order valence-electron chi connectivity index (χ3n) is 4.96. The maximum absolute atomic E-state index is 5.67. The molecule has 0 bridgehead atoms. The molecule has 21 heavy (non-hydrogen) atoms. The van der Waals surface area contributed by atoms with Gasteiger partial charge in [-0.2, -0.15) is 4.98 Å². The zero-order chi connectivity index (χ0) is 13.8. The first-order valence-corrected chi connectivity index (χ1v) is 7.88. The minimum atomic E-state index is 0. The van der Waals surface area contributed by atoms with Crippen LogP contribution >= 0.6 is 12.4 Å². The number of piperidine rings is 1. The van der Waals surface area contributed by atoms with E-state index in [1.54, 1.807) is 7.11 Å². The molecule has 2 aliphatic rings. The Balaban J connectivity index is 0.00000161. The zero-order valence-electron chi connectivity index (χ0n) is 12.8. The fraction of sp³-hybridized carbons (Fsp3) is 0.867. The molecule has 5 nitrogen and oxygen atoms in total. The van der Waals surface area contributed by atoms with E-state index < -0.39 is 0 Å². The number of hydrogen-bond acceptors (Lipinski definition) is 5. The van der Waals surface area contributed by atoms with E-state index in [2.05, 4.69) is 10.5 Å². The Bertz CT molecular complexity index is 426. The molecule has 0 spiro atoms. The van der Waals surface area contributed by atoms with Crippen molar-refractivity contribution in [1.82, 2.24) is 15.5 Å². The van der Waals surface area contributed by atoms with Crippen molar-refractivity contribution < 1.29 is 9.26 Å². The average molecular weight is 316 g/mol. The van der Waals surface area contributed by atoms with Crippen LogP contribution in [-0.2, 0) is 10.2 Å². The number of methoxy groups -OCH3 is 1. The van der Waals surface area contributed by atoms with Crippen LogP contribution < -0.4 is 5.32 Å². The third-order valence-corrected chi connectivity index (χ3v) is 4.96. The van der Waals surface area contributed by atoms with Crippen molar-refractivity contribution in [2.75, 3.05) is 26.8 Å². The summed E-state index contributed by atoms with van der Waals surface area (Å²) < 4.78 is 11.0. The van der Waals surface area contributed by atoms with Gasteiger partial charge >= 0.3 is 0 Å². The van der Waals surface area contributed by atoms with Gasteiger partial charge in [0, 0.05) is 19.6 Å². The van der Waals surface area contributed by atoms with Crippen LogP contribution in [0.15, 0.2) is 4.52 Å². The molecule has 0 unspecified atom stereocenters. The van der Waals surface area contributed by atoms with Gasteiger partial charge in [-0.05, 0) is 45.2 Å². The molecule has 0 aromatic carbocycles. The van der Waals surface area contributed by atoms with Crippen molar-refractivity contribution in [3.05, 3.63) is 11.7 Å². The summed E-state index contributed by atoms with van der Waals surface area (Å²) in [4.78, 5) is 4.78. The molecule has 1 aromatic heterocycles. The molecule has 2 heterocycles. The summed E-state index contributed by atoms with van der Waals surface area (Å²) in [6.07, 6.45) is 8.11. The van der Waals surface area contributed by atoms with Crippen molar-refractivity contribution >= 4 is 12.4 Å². The van der Waals surface area contributed by atoms with Gasteiger partial charge in [0.2, 0.25) is 5.89 Å². The van der Waals surface area contributed by atoms with Gasteiger partial charge in [-0.1, -0.05) is 18.0 Å². The van der Waals surface area contributed by atoms with Crippen molar-refractivity contribution in [2.24, 2.45) is 0 Å². The fourth-order valence-corrected chi connectivity index (χ4v) is 3.57. The molecular formula is C15H26ClN3O2. The van der Waals surface area contributed by atoms with Crippen LogP contribution in [0.3, 0.4) is 0 Å². The van der Waals surface area contributed by atoms with Crippen LogP contribution in [0, 0.1) is 0 Å². The van der Waals surface area contributed by atoms with Crippen molar-refractivity contribution in [1.29, 1.82) is 0 Å².